The summed E-state index contributed by atoms with van der Waals surface area (Å²) in [6.45, 7) is 0. The van der Waals surface area contributed by atoms with E-state index in [0.717, 1.165) is 10.1 Å². The Bertz CT molecular complexity index is 1150. The van der Waals surface area contributed by atoms with Gasteiger partial charge in [0.2, 0.25) is 5.78 Å². The molecule has 144 valence electrons. The van der Waals surface area contributed by atoms with Crippen molar-refractivity contribution in [3.05, 3.63) is 88.4 Å². The van der Waals surface area contributed by atoms with E-state index in [-0.39, 0.29) is 11.7 Å². The molecule has 1 N–H and O–H groups in total. The third kappa shape index (κ3) is 4.28. The van der Waals surface area contributed by atoms with Gasteiger partial charge in [0.05, 0.1) is 10.4 Å². The predicted molar refractivity (Wildman–Crippen MR) is 114 cm³/mol. The number of anilines is 1. The van der Waals surface area contributed by atoms with Gasteiger partial charge in [-0.15, -0.1) is 21.5 Å². The summed E-state index contributed by atoms with van der Waals surface area (Å²) in [4.78, 5) is 27.1. The molecule has 0 radical (unpaired) electrons. The predicted octanol–water partition coefficient (Wildman–Crippen LogP) is 4.51. The average Bonchev–Trinajstić information content (AvgIpc) is 3.41. The van der Waals surface area contributed by atoms with Crippen molar-refractivity contribution in [2.75, 3.05) is 5.32 Å². The molecule has 0 aliphatic carbocycles. The molecule has 0 atom stereocenters. The second-order valence-corrected chi connectivity index (χ2v) is 8.15. The summed E-state index contributed by atoms with van der Waals surface area (Å²) in [5, 5.41) is 13.4. The van der Waals surface area contributed by atoms with Gasteiger partial charge in [-0.05, 0) is 53.5 Å². The minimum atomic E-state index is -0.320. The van der Waals surface area contributed by atoms with Gasteiger partial charge in [0.1, 0.15) is 6.33 Å². The number of rotatable bonds is 6. The Balaban J connectivity index is 1.50. The maximum atomic E-state index is 12.8. The fourth-order valence-electron chi connectivity index (χ4n) is 2.69. The van der Waals surface area contributed by atoms with Crippen molar-refractivity contribution in [1.29, 1.82) is 0 Å². The van der Waals surface area contributed by atoms with Crippen molar-refractivity contribution >= 4 is 40.5 Å². The number of hydrogen-bond donors (Lipinski definition) is 1. The molecule has 0 fully saturated rings. The molecule has 0 saturated carbocycles. The molecule has 2 aromatic heterocycles. The lowest BCUT2D eigenvalue weighted by atomic mass is 10.0. The highest BCUT2D eigenvalue weighted by Crippen LogP contribution is 2.27. The van der Waals surface area contributed by atoms with Crippen molar-refractivity contribution in [1.82, 2.24) is 14.8 Å². The van der Waals surface area contributed by atoms with Crippen LogP contribution in [0.25, 0.3) is 0 Å². The first-order chi connectivity index (χ1) is 14.1. The van der Waals surface area contributed by atoms with E-state index in [2.05, 4.69) is 15.5 Å². The van der Waals surface area contributed by atoms with Crippen molar-refractivity contribution in [2.45, 2.75) is 10.1 Å². The zero-order valence-electron chi connectivity index (χ0n) is 15.4. The fourth-order valence-corrected chi connectivity index (χ4v) is 4.13. The average molecular weight is 421 g/mol. The Morgan fingerprint density at radius 2 is 1.76 bits per heavy atom. The minimum absolute atomic E-state index is 0.152. The molecule has 0 saturated heterocycles. The van der Waals surface area contributed by atoms with Crippen molar-refractivity contribution in [2.24, 2.45) is 7.05 Å². The zero-order chi connectivity index (χ0) is 20.2. The first kappa shape index (κ1) is 19.1. The van der Waals surface area contributed by atoms with Crippen LogP contribution < -0.4 is 5.32 Å². The molecule has 0 aliphatic heterocycles. The Hall–Kier alpha value is -3.23. The van der Waals surface area contributed by atoms with E-state index in [4.69, 9.17) is 0 Å². The van der Waals surface area contributed by atoms with Gasteiger partial charge in [-0.2, -0.15) is 0 Å². The highest BCUT2D eigenvalue weighted by molar-refractivity contribution is 7.99. The van der Waals surface area contributed by atoms with Gasteiger partial charge in [-0.1, -0.05) is 24.3 Å². The SMILES string of the molecule is Cn1cnnc1Sc1ccc(NC(=O)c2ccccc2C(=O)c2cccs2)cc1. The van der Waals surface area contributed by atoms with Gasteiger partial charge in [0.15, 0.2) is 5.16 Å². The number of carbonyl (C=O) groups excluding carboxylic acids is 2. The maximum absolute atomic E-state index is 12.8. The highest BCUT2D eigenvalue weighted by Gasteiger charge is 2.18. The molecule has 2 aromatic carbocycles. The summed E-state index contributed by atoms with van der Waals surface area (Å²) >= 11 is 2.84. The van der Waals surface area contributed by atoms with E-state index in [9.17, 15) is 9.59 Å². The molecular formula is C21H16N4O2S2. The van der Waals surface area contributed by atoms with Crippen LogP contribution in [0.3, 0.4) is 0 Å². The number of hydrogen-bond acceptors (Lipinski definition) is 6. The summed E-state index contributed by atoms with van der Waals surface area (Å²) < 4.78 is 1.84. The normalized spacial score (nSPS) is 10.7. The molecular weight excluding hydrogens is 404 g/mol. The number of aromatic nitrogens is 3. The first-order valence-corrected chi connectivity index (χ1v) is 10.4. The van der Waals surface area contributed by atoms with Crippen LogP contribution in [-0.2, 0) is 7.05 Å². The molecule has 0 aliphatic rings. The van der Waals surface area contributed by atoms with Crippen molar-refractivity contribution < 1.29 is 9.59 Å². The lowest BCUT2D eigenvalue weighted by Gasteiger charge is -2.09. The topological polar surface area (TPSA) is 76.9 Å². The van der Waals surface area contributed by atoms with E-state index in [0.29, 0.717) is 21.7 Å². The van der Waals surface area contributed by atoms with Crippen molar-refractivity contribution in [3.63, 3.8) is 0 Å². The first-order valence-electron chi connectivity index (χ1n) is 8.72. The lowest BCUT2D eigenvalue weighted by Crippen LogP contribution is -2.16. The summed E-state index contributed by atoms with van der Waals surface area (Å²) in [7, 11) is 1.88. The third-order valence-electron chi connectivity index (χ3n) is 4.15. The number of nitrogens with one attached hydrogen (secondary N) is 1. The summed E-state index contributed by atoms with van der Waals surface area (Å²) in [5.41, 5.74) is 1.39. The molecule has 0 unspecified atom stereocenters. The van der Waals surface area contributed by atoms with E-state index in [1.165, 1.54) is 23.1 Å². The van der Waals surface area contributed by atoms with Gasteiger partial charge >= 0.3 is 0 Å². The Morgan fingerprint density at radius 1 is 1.00 bits per heavy atom. The van der Waals surface area contributed by atoms with Crippen LogP contribution in [0.15, 0.2) is 82.4 Å². The monoisotopic (exact) mass is 420 g/mol. The van der Waals surface area contributed by atoms with Crippen LogP contribution in [0.2, 0.25) is 0 Å². The molecule has 0 spiro atoms. The largest absolute Gasteiger partial charge is 0.322 e. The zero-order valence-corrected chi connectivity index (χ0v) is 17.0. The number of amides is 1. The van der Waals surface area contributed by atoms with Crippen LogP contribution in [0, 0.1) is 0 Å². The summed E-state index contributed by atoms with van der Waals surface area (Å²) in [5.74, 6) is -0.472. The lowest BCUT2D eigenvalue weighted by molar-refractivity contribution is 0.0998. The second-order valence-electron chi connectivity index (χ2n) is 6.16. The number of aryl methyl sites for hydroxylation is 1. The Morgan fingerprint density at radius 3 is 2.41 bits per heavy atom. The maximum Gasteiger partial charge on any atom is 0.256 e. The highest BCUT2D eigenvalue weighted by atomic mass is 32.2. The molecule has 0 bridgehead atoms. The minimum Gasteiger partial charge on any atom is -0.322 e. The van der Waals surface area contributed by atoms with Crippen LogP contribution >= 0.6 is 23.1 Å². The molecule has 6 nitrogen and oxygen atoms in total. The van der Waals surface area contributed by atoms with E-state index >= 15 is 0 Å². The van der Waals surface area contributed by atoms with Crippen LogP contribution in [0.4, 0.5) is 5.69 Å². The number of carbonyl (C=O) groups is 2. The molecule has 8 heteroatoms. The van der Waals surface area contributed by atoms with Gasteiger partial charge in [-0.25, -0.2) is 0 Å². The van der Waals surface area contributed by atoms with Gasteiger partial charge in [0.25, 0.3) is 5.91 Å². The van der Waals surface area contributed by atoms with Gasteiger partial charge in [-0.3, -0.25) is 9.59 Å². The molecule has 1 amide bonds. The molecule has 4 rings (SSSR count). The number of ketones is 1. The van der Waals surface area contributed by atoms with Crippen LogP contribution in [0.5, 0.6) is 0 Å². The molecule has 29 heavy (non-hydrogen) atoms. The number of benzene rings is 2. The van der Waals surface area contributed by atoms with E-state index < -0.39 is 0 Å². The van der Waals surface area contributed by atoms with Gasteiger partial charge < -0.3 is 9.88 Å². The van der Waals surface area contributed by atoms with Crippen LogP contribution in [0.1, 0.15) is 25.6 Å². The van der Waals surface area contributed by atoms with Crippen molar-refractivity contribution in [3.8, 4) is 0 Å². The summed E-state index contributed by atoms with van der Waals surface area (Å²) in [6.07, 6.45) is 1.64. The van der Waals surface area contributed by atoms with E-state index in [1.807, 2.05) is 47.3 Å². The Labute approximate surface area is 175 Å². The fraction of sp³-hybridized carbons (Fsp3) is 0.0476. The smallest absolute Gasteiger partial charge is 0.256 e. The number of thiophene rings is 1. The Kier molecular flexibility index (Phi) is 5.55. The number of nitrogens with zero attached hydrogens (tertiary/aromatic N) is 3. The molecule has 2 heterocycles. The third-order valence-corrected chi connectivity index (χ3v) is 6.08. The molecule has 4 aromatic rings. The van der Waals surface area contributed by atoms with Gasteiger partial charge in [0, 0.05) is 23.2 Å². The van der Waals surface area contributed by atoms with Crippen LogP contribution in [-0.4, -0.2) is 26.5 Å². The second kappa shape index (κ2) is 8.42. The van der Waals surface area contributed by atoms with E-state index in [1.54, 1.807) is 36.7 Å². The standard InChI is InChI=1S/C21H16N4O2S2/c1-25-13-22-24-21(25)29-15-10-8-14(9-11-15)23-20(27)17-6-3-2-5-16(17)19(26)18-7-4-12-28-18/h2-13H,1H3,(H,23,27). The summed E-state index contributed by atoms with van der Waals surface area (Å²) in [6, 6.07) is 17.9. The quantitative estimate of drug-likeness (QED) is 0.465.